The molecule has 0 fully saturated rings. The molecule has 0 saturated heterocycles. The molecule has 3 nitrogen and oxygen atoms in total. The van der Waals surface area contributed by atoms with Crippen molar-refractivity contribution in [2.75, 3.05) is 11.9 Å². The molecule has 122 valence electrons. The van der Waals surface area contributed by atoms with Crippen molar-refractivity contribution >= 4 is 23.2 Å². The van der Waals surface area contributed by atoms with E-state index in [1.165, 1.54) is 0 Å². The van der Waals surface area contributed by atoms with Gasteiger partial charge in [0.2, 0.25) is 5.91 Å². The molecule has 0 bridgehead atoms. The third-order valence-corrected chi connectivity index (χ3v) is 3.46. The third-order valence-electron chi connectivity index (χ3n) is 3.23. The number of carbonyl (C=O) groups excluding carboxylic acids is 1. The van der Waals surface area contributed by atoms with Crippen LogP contribution in [0.15, 0.2) is 36.4 Å². The average Bonchev–Trinajstić information content (AvgIpc) is 2.53. The number of carbonyl (C=O) groups is 1. The molecule has 1 atom stereocenters. The summed E-state index contributed by atoms with van der Waals surface area (Å²) < 4.78 is 39.4. The van der Waals surface area contributed by atoms with Crippen LogP contribution in [-0.4, -0.2) is 12.5 Å². The average molecular weight is 343 g/mol. The Kier molecular flexibility index (Phi) is 5.63. The highest BCUT2D eigenvalue weighted by Gasteiger charge is 2.15. The largest absolute Gasteiger partial charge is 0.322 e. The predicted octanol–water partition coefficient (Wildman–Crippen LogP) is 4.05. The van der Waals surface area contributed by atoms with Crippen molar-refractivity contribution in [3.05, 3.63) is 64.4 Å². The summed E-state index contributed by atoms with van der Waals surface area (Å²) in [7, 11) is 0. The number of halogens is 4. The number of nitrogens with one attached hydrogen (secondary N) is 2. The first-order valence-electron chi connectivity index (χ1n) is 6.80. The number of hydrogen-bond donors (Lipinski definition) is 2. The minimum absolute atomic E-state index is 0.133. The lowest BCUT2D eigenvalue weighted by Crippen LogP contribution is -2.30. The van der Waals surface area contributed by atoms with Crippen molar-refractivity contribution in [3.63, 3.8) is 0 Å². The first-order chi connectivity index (χ1) is 10.9. The van der Waals surface area contributed by atoms with Crippen molar-refractivity contribution < 1.29 is 18.0 Å². The summed E-state index contributed by atoms with van der Waals surface area (Å²) in [6.45, 7) is 1.70. The number of rotatable bonds is 5. The number of amides is 1. The van der Waals surface area contributed by atoms with Gasteiger partial charge in [-0.25, -0.2) is 13.2 Å². The van der Waals surface area contributed by atoms with Gasteiger partial charge in [-0.15, -0.1) is 0 Å². The Labute approximate surface area is 136 Å². The fourth-order valence-corrected chi connectivity index (χ4v) is 2.16. The minimum atomic E-state index is -1.62. The monoisotopic (exact) mass is 342 g/mol. The van der Waals surface area contributed by atoms with E-state index in [-0.39, 0.29) is 12.6 Å². The molecule has 1 amide bonds. The highest BCUT2D eigenvalue weighted by Crippen LogP contribution is 2.20. The molecule has 23 heavy (non-hydrogen) atoms. The van der Waals surface area contributed by atoms with Crippen LogP contribution in [0, 0.1) is 17.5 Å². The molecule has 2 rings (SSSR count). The summed E-state index contributed by atoms with van der Waals surface area (Å²) in [5, 5.41) is 5.69. The van der Waals surface area contributed by atoms with Crippen molar-refractivity contribution in [3.8, 4) is 0 Å². The minimum Gasteiger partial charge on any atom is -0.322 e. The summed E-state index contributed by atoms with van der Waals surface area (Å²) in [6, 6.07) is 8.66. The van der Waals surface area contributed by atoms with E-state index >= 15 is 0 Å². The number of benzene rings is 2. The fraction of sp³-hybridized carbons (Fsp3) is 0.188. The van der Waals surface area contributed by atoms with Crippen LogP contribution in [0.4, 0.5) is 18.9 Å². The van der Waals surface area contributed by atoms with Crippen molar-refractivity contribution in [1.29, 1.82) is 0 Å². The van der Waals surface area contributed by atoms with Gasteiger partial charge < -0.3 is 10.6 Å². The second kappa shape index (κ2) is 7.48. The Morgan fingerprint density at radius 1 is 1.17 bits per heavy atom. The molecule has 0 saturated carbocycles. The van der Waals surface area contributed by atoms with Crippen molar-refractivity contribution in [2.45, 2.75) is 13.0 Å². The Bertz CT molecular complexity index is 724. The van der Waals surface area contributed by atoms with Gasteiger partial charge >= 0.3 is 0 Å². The maximum atomic E-state index is 13.5. The molecule has 2 aromatic carbocycles. The van der Waals surface area contributed by atoms with Crippen LogP contribution in [-0.2, 0) is 4.79 Å². The number of hydrogen-bond acceptors (Lipinski definition) is 2. The number of anilines is 1. The van der Waals surface area contributed by atoms with Gasteiger partial charge in [-0.3, -0.25) is 4.79 Å². The zero-order valence-corrected chi connectivity index (χ0v) is 12.9. The predicted molar refractivity (Wildman–Crippen MR) is 82.8 cm³/mol. The van der Waals surface area contributed by atoms with Crippen LogP contribution in [0.3, 0.4) is 0 Å². The zero-order valence-electron chi connectivity index (χ0n) is 12.2. The Morgan fingerprint density at radius 2 is 1.91 bits per heavy atom. The van der Waals surface area contributed by atoms with Crippen molar-refractivity contribution in [2.24, 2.45) is 0 Å². The first-order valence-corrected chi connectivity index (χ1v) is 7.18. The Hall–Kier alpha value is -2.05. The van der Waals surface area contributed by atoms with E-state index in [1.54, 1.807) is 18.2 Å². The molecule has 0 aliphatic carbocycles. The summed E-state index contributed by atoms with van der Waals surface area (Å²) in [4.78, 5) is 11.8. The van der Waals surface area contributed by atoms with Crippen LogP contribution in [0.25, 0.3) is 0 Å². The standard InChI is InChI=1S/C16H14ClF3N2O/c1-9(10-3-2-4-11(17)7-10)21-8-14(23)22-13-6-5-12(18)15(19)16(13)20/h2-7,9,21H,8H2,1H3,(H,22,23)/t9-/m0/s1. The molecule has 0 radical (unpaired) electrons. The molecule has 0 spiro atoms. The van der Waals surface area contributed by atoms with E-state index in [4.69, 9.17) is 11.6 Å². The fourth-order valence-electron chi connectivity index (χ4n) is 1.96. The summed E-state index contributed by atoms with van der Waals surface area (Å²) in [5.41, 5.74) is 0.468. The van der Waals surface area contributed by atoms with Gasteiger partial charge in [0.1, 0.15) is 0 Å². The Morgan fingerprint density at radius 3 is 2.61 bits per heavy atom. The molecule has 0 aliphatic heterocycles. The lowest BCUT2D eigenvalue weighted by molar-refractivity contribution is -0.115. The second-order valence-corrected chi connectivity index (χ2v) is 5.37. The van der Waals surface area contributed by atoms with E-state index in [9.17, 15) is 18.0 Å². The van der Waals surface area contributed by atoms with Crippen LogP contribution in [0.2, 0.25) is 5.02 Å². The molecule has 0 aliphatic rings. The molecule has 0 heterocycles. The summed E-state index contributed by atoms with van der Waals surface area (Å²) in [6.07, 6.45) is 0. The maximum absolute atomic E-state index is 13.5. The lowest BCUT2D eigenvalue weighted by Gasteiger charge is -2.14. The van der Waals surface area contributed by atoms with Crippen LogP contribution < -0.4 is 10.6 Å². The van der Waals surface area contributed by atoms with Gasteiger partial charge in [0, 0.05) is 11.1 Å². The zero-order chi connectivity index (χ0) is 17.0. The van der Waals surface area contributed by atoms with E-state index in [0.29, 0.717) is 5.02 Å². The van der Waals surface area contributed by atoms with Gasteiger partial charge in [-0.2, -0.15) is 0 Å². The van der Waals surface area contributed by atoms with Gasteiger partial charge in [0.15, 0.2) is 17.5 Å². The second-order valence-electron chi connectivity index (χ2n) is 4.93. The van der Waals surface area contributed by atoms with E-state index < -0.39 is 29.0 Å². The van der Waals surface area contributed by atoms with E-state index in [1.807, 2.05) is 13.0 Å². The molecule has 2 aromatic rings. The summed E-state index contributed by atoms with van der Waals surface area (Å²) in [5.74, 6) is -4.94. The lowest BCUT2D eigenvalue weighted by atomic mass is 10.1. The topological polar surface area (TPSA) is 41.1 Å². The molecular weight excluding hydrogens is 329 g/mol. The quantitative estimate of drug-likeness (QED) is 0.805. The van der Waals surface area contributed by atoms with Gasteiger partial charge in [0.25, 0.3) is 0 Å². The maximum Gasteiger partial charge on any atom is 0.238 e. The normalized spacial score (nSPS) is 12.0. The van der Waals surface area contributed by atoms with Crippen LogP contribution >= 0.6 is 11.6 Å². The smallest absolute Gasteiger partial charge is 0.238 e. The highest BCUT2D eigenvalue weighted by molar-refractivity contribution is 6.30. The third kappa shape index (κ3) is 4.46. The first kappa shape index (κ1) is 17.3. The molecule has 7 heteroatoms. The SMILES string of the molecule is C[C@H](NCC(=O)Nc1ccc(F)c(F)c1F)c1cccc(Cl)c1. The van der Waals surface area contributed by atoms with E-state index in [2.05, 4.69) is 10.6 Å². The summed E-state index contributed by atoms with van der Waals surface area (Å²) >= 11 is 5.89. The van der Waals surface area contributed by atoms with Crippen LogP contribution in [0.5, 0.6) is 0 Å². The highest BCUT2D eigenvalue weighted by atomic mass is 35.5. The van der Waals surface area contributed by atoms with Gasteiger partial charge in [-0.1, -0.05) is 23.7 Å². The van der Waals surface area contributed by atoms with Gasteiger partial charge in [-0.05, 0) is 36.8 Å². The van der Waals surface area contributed by atoms with Crippen LogP contribution in [0.1, 0.15) is 18.5 Å². The van der Waals surface area contributed by atoms with Crippen molar-refractivity contribution in [1.82, 2.24) is 5.32 Å². The molecular formula is C16H14ClF3N2O. The molecule has 0 aromatic heterocycles. The van der Waals surface area contributed by atoms with Gasteiger partial charge in [0.05, 0.1) is 12.2 Å². The molecule has 2 N–H and O–H groups in total. The van der Waals surface area contributed by atoms with E-state index in [0.717, 1.165) is 17.7 Å². The molecule has 0 unspecified atom stereocenters. The Balaban J connectivity index is 1.94.